The van der Waals surface area contributed by atoms with Crippen molar-refractivity contribution in [2.45, 2.75) is 13.5 Å². The Morgan fingerprint density at radius 2 is 2.08 bits per heavy atom. The van der Waals surface area contributed by atoms with E-state index < -0.39 is 5.97 Å². The van der Waals surface area contributed by atoms with Crippen molar-refractivity contribution in [3.05, 3.63) is 62.8 Å². The minimum Gasteiger partial charge on any atom is -0.459 e. The van der Waals surface area contributed by atoms with E-state index in [4.69, 9.17) is 9.47 Å². The Morgan fingerprint density at radius 1 is 1.31 bits per heavy atom. The fourth-order valence-corrected chi connectivity index (χ4v) is 3.59. The molecule has 8 heteroatoms. The summed E-state index contributed by atoms with van der Waals surface area (Å²) in [5.74, 6) is -0.897. The fourth-order valence-electron chi connectivity index (χ4n) is 2.56. The standard InChI is InChI=1S/C18H17FN2O4S/c1-11-14-16(26-15(11)18(23)25-8-7-24-2)20-10-21(17(14)22)9-12-5-3-4-6-13(12)19/h3-6,10H,7-9H2,1-2H3. The van der Waals surface area contributed by atoms with Gasteiger partial charge in [-0.15, -0.1) is 11.3 Å². The summed E-state index contributed by atoms with van der Waals surface area (Å²) in [5.41, 5.74) is 0.596. The molecule has 2 heterocycles. The zero-order valence-electron chi connectivity index (χ0n) is 14.3. The predicted molar refractivity (Wildman–Crippen MR) is 96.3 cm³/mol. The number of hydrogen-bond donors (Lipinski definition) is 0. The smallest absolute Gasteiger partial charge is 0.348 e. The lowest BCUT2D eigenvalue weighted by Gasteiger charge is -2.06. The van der Waals surface area contributed by atoms with Crippen LogP contribution in [0.15, 0.2) is 35.4 Å². The third kappa shape index (κ3) is 3.51. The molecular weight excluding hydrogens is 359 g/mol. The van der Waals surface area contributed by atoms with Crippen molar-refractivity contribution < 1.29 is 18.7 Å². The van der Waals surface area contributed by atoms with Crippen molar-refractivity contribution in [2.24, 2.45) is 0 Å². The lowest BCUT2D eigenvalue weighted by molar-refractivity contribution is 0.0393. The number of carbonyl (C=O) groups excluding carboxylic acids is 1. The van der Waals surface area contributed by atoms with E-state index >= 15 is 0 Å². The van der Waals surface area contributed by atoms with Gasteiger partial charge in [-0.1, -0.05) is 18.2 Å². The molecule has 0 unspecified atom stereocenters. The molecular formula is C18H17FN2O4S. The van der Waals surface area contributed by atoms with Gasteiger partial charge < -0.3 is 9.47 Å². The second-order valence-corrected chi connectivity index (χ2v) is 6.63. The van der Waals surface area contributed by atoms with Crippen LogP contribution in [0.1, 0.15) is 20.8 Å². The number of hydrogen-bond acceptors (Lipinski definition) is 6. The Kier molecular flexibility index (Phi) is 5.43. The number of ether oxygens (including phenoxy) is 2. The Bertz CT molecular complexity index is 1010. The van der Waals surface area contributed by atoms with Crippen LogP contribution in [0.4, 0.5) is 4.39 Å². The van der Waals surface area contributed by atoms with Gasteiger partial charge >= 0.3 is 5.97 Å². The minimum absolute atomic E-state index is 0.0668. The Balaban J connectivity index is 1.96. The van der Waals surface area contributed by atoms with E-state index in [0.717, 1.165) is 11.3 Å². The van der Waals surface area contributed by atoms with Crippen LogP contribution in [-0.2, 0) is 16.0 Å². The summed E-state index contributed by atoms with van der Waals surface area (Å²) >= 11 is 1.11. The molecule has 0 atom stereocenters. The molecule has 2 aromatic heterocycles. The Labute approximate surface area is 152 Å². The van der Waals surface area contributed by atoms with Gasteiger partial charge in [0.1, 0.15) is 22.1 Å². The van der Waals surface area contributed by atoms with Crippen LogP contribution in [-0.4, -0.2) is 35.8 Å². The molecule has 0 aliphatic heterocycles. The summed E-state index contributed by atoms with van der Waals surface area (Å²) in [6.45, 7) is 2.18. The second kappa shape index (κ2) is 7.76. The number of aryl methyl sites for hydroxylation is 1. The topological polar surface area (TPSA) is 70.4 Å². The monoisotopic (exact) mass is 376 g/mol. The third-order valence-corrected chi connectivity index (χ3v) is 5.10. The number of carbonyl (C=O) groups is 1. The molecule has 0 saturated heterocycles. The molecule has 136 valence electrons. The second-order valence-electron chi connectivity index (χ2n) is 5.63. The van der Waals surface area contributed by atoms with Crippen molar-refractivity contribution in [1.29, 1.82) is 0 Å². The van der Waals surface area contributed by atoms with Crippen molar-refractivity contribution in [3.63, 3.8) is 0 Å². The maximum absolute atomic E-state index is 13.9. The first-order valence-electron chi connectivity index (χ1n) is 7.91. The highest BCUT2D eigenvalue weighted by Gasteiger charge is 2.20. The van der Waals surface area contributed by atoms with E-state index in [1.165, 1.54) is 24.1 Å². The van der Waals surface area contributed by atoms with Crippen molar-refractivity contribution in [1.82, 2.24) is 9.55 Å². The van der Waals surface area contributed by atoms with E-state index in [1.54, 1.807) is 25.1 Å². The zero-order valence-corrected chi connectivity index (χ0v) is 15.1. The first-order chi connectivity index (χ1) is 12.5. The molecule has 0 saturated carbocycles. The normalized spacial score (nSPS) is 11.0. The lowest BCUT2D eigenvalue weighted by atomic mass is 10.2. The molecule has 3 aromatic rings. The van der Waals surface area contributed by atoms with Crippen LogP contribution in [0.25, 0.3) is 10.2 Å². The quantitative estimate of drug-likeness (QED) is 0.489. The minimum atomic E-state index is -0.511. The highest BCUT2D eigenvalue weighted by atomic mass is 32.1. The molecule has 3 rings (SSSR count). The molecule has 0 fully saturated rings. The van der Waals surface area contributed by atoms with E-state index in [-0.39, 0.29) is 24.5 Å². The number of aromatic nitrogens is 2. The SMILES string of the molecule is COCCOC(=O)c1sc2ncn(Cc3ccccc3F)c(=O)c2c1C. The molecule has 26 heavy (non-hydrogen) atoms. The number of esters is 1. The average Bonchev–Trinajstić information content (AvgIpc) is 2.97. The highest BCUT2D eigenvalue weighted by molar-refractivity contribution is 7.20. The molecule has 0 amide bonds. The van der Waals surface area contributed by atoms with Gasteiger partial charge in [-0.2, -0.15) is 0 Å². The van der Waals surface area contributed by atoms with E-state index in [2.05, 4.69) is 4.98 Å². The summed E-state index contributed by atoms with van der Waals surface area (Å²) in [7, 11) is 1.51. The molecule has 0 aliphatic rings. The van der Waals surface area contributed by atoms with Gasteiger partial charge in [-0.25, -0.2) is 14.2 Å². The van der Waals surface area contributed by atoms with Crippen LogP contribution < -0.4 is 5.56 Å². The zero-order chi connectivity index (χ0) is 18.7. The van der Waals surface area contributed by atoms with Crippen LogP contribution in [0.3, 0.4) is 0 Å². The summed E-state index contributed by atoms with van der Waals surface area (Å²) in [6, 6.07) is 6.26. The van der Waals surface area contributed by atoms with Crippen LogP contribution in [0.2, 0.25) is 0 Å². The van der Waals surface area contributed by atoms with Gasteiger partial charge in [-0.3, -0.25) is 9.36 Å². The summed E-state index contributed by atoms with van der Waals surface area (Å²) in [5, 5.41) is 0.354. The largest absolute Gasteiger partial charge is 0.459 e. The molecule has 0 N–H and O–H groups in total. The van der Waals surface area contributed by atoms with Crippen LogP contribution in [0, 0.1) is 12.7 Å². The first kappa shape index (κ1) is 18.2. The Hall–Kier alpha value is -2.58. The van der Waals surface area contributed by atoms with E-state index in [1.807, 2.05) is 0 Å². The average molecular weight is 376 g/mol. The summed E-state index contributed by atoms with van der Waals surface area (Å²) < 4.78 is 25.2. The molecule has 0 spiro atoms. The van der Waals surface area contributed by atoms with Crippen LogP contribution >= 0.6 is 11.3 Å². The summed E-state index contributed by atoms with van der Waals surface area (Å²) in [4.78, 5) is 30.0. The maximum Gasteiger partial charge on any atom is 0.348 e. The molecule has 0 aliphatic carbocycles. The highest BCUT2D eigenvalue weighted by Crippen LogP contribution is 2.27. The number of nitrogens with zero attached hydrogens (tertiary/aromatic N) is 2. The van der Waals surface area contributed by atoms with E-state index in [0.29, 0.717) is 32.8 Å². The molecule has 1 aromatic carbocycles. The number of benzene rings is 1. The molecule has 6 nitrogen and oxygen atoms in total. The number of fused-ring (bicyclic) bond motifs is 1. The number of methoxy groups -OCH3 is 1. The van der Waals surface area contributed by atoms with Gasteiger partial charge in [-0.05, 0) is 18.6 Å². The fraction of sp³-hybridized carbons (Fsp3) is 0.278. The van der Waals surface area contributed by atoms with Crippen molar-refractivity contribution >= 4 is 27.5 Å². The Morgan fingerprint density at radius 3 is 2.81 bits per heavy atom. The van der Waals surface area contributed by atoms with Crippen molar-refractivity contribution in [3.8, 4) is 0 Å². The van der Waals surface area contributed by atoms with Crippen molar-refractivity contribution in [2.75, 3.05) is 20.3 Å². The van der Waals surface area contributed by atoms with Gasteiger partial charge in [0, 0.05) is 12.7 Å². The van der Waals surface area contributed by atoms with Gasteiger partial charge in [0.05, 0.1) is 24.9 Å². The lowest BCUT2D eigenvalue weighted by Crippen LogP contribution is -2.21. The first-order valence-corrected chi connectivity index (χ1v) is 8.72. The van der Waals surface area contributed by atoms with E-state index in [9.17, 15) is 14.0 Å². The van der Waals surface area contributed by atoms with Gasteiger partial charge in [0.15, 0.2) is 0 Å². The predicted octanol–water partition coefficient (Wildman–Crippen LogP) is 2.76. The number of thiophene rings is 1. The number of rotatable bonds is 6. The van der Waals surface area contributed by atoms with Gasteiger partial charge in [0.2, 0.25) is 0 Å². The molecule has 0 radical (unpaired) electrons. The third-order valence-electron chi connectivity index (χ3n) is 3.92. The summed E-state index contributed by atoms with van der Waals surface area (Å²) in [6.07, 6.45) is 1.37. The number of halogens is 1. The molecule has 0 bridgehead atoms. The van der Waals surface area contributed by atoms with Gasteiger partial charge in [0.25, 0.3) is 5.56 Å². The maximum atomic E-state index is 13.9. The van der Waals surface area contributed by atoms with Crippen LogP contribution in [0.5, 0.6) is 0 Å².